The van der Waals surface area contributed by atoms with Crippen molar-refractivity contribution in [3.8, 4) is 16.3 Å². The van der Waals surface area contributed by atoms with Crippen molar-refractivity contribution in [2.75, 3.05) is 6.54 Å². The molecule has 1 unspecified atom stereocenters. The minimum absolute atomic E-state index is 0.201. The number of amides is 1. The molecule has 6 nitrogen and oxygen atoms in total. The Hall–Kier alpha value is -2.93. The van der Waals surface area contributed by atoms with E-state index in [0.29, 0.717) is 18.8 Å². The molecular formula is C19H19N3O3S. The highest BCUT2D eigenvalue weighted by Gasteiger charge is 2.14. The zero-order chi connectivity index (χ0) is 18.4. The number of nitrogens with one attached hydrogen (secondary N) is 1. The van der Waals surface area contributed by atoms with Crippen LogP contribution in [0, 0.1) is 0 Å². The number of carbonyl (C=O) groups excluding carboxylic acids is 1. The van der Waals surface area contributed by atoms with E-state index in [1.54, 1.807) is 36.5 Å². The summed E-state index contributed by atoms with van der Waals surface area (Å²) in [6.07, 6.45) is -0.625. The Bertz CT molecular complexity index is 907. The number of benzene rings is 1. The summed E-state index contributed by atoms with van der Waals surface area (Å²) in [5.74, 6) is 0.396. The van der Waals surface area contributed by atoms with Crippen molar-refractivity contribution >= 4 is 17.2 Å². The second-order valence-corrected chi connectivity index (χ2v) is 6.57. The molecule has 3 rings (SSSR count). The Morgan fingerprint density at radius 1 is 1.19 bits per heavy atom. The lowest BCUT2D eigenvalue weighted by Crippen LogP contribution is -2.39. The average molecular weight is 369 g/mol. The van der Waals surface area contributed by atoms with E-state index in [1.165, 1.54) is 10.7 Å². The molecule has 134 valence electrons. The summed E-state index contributed by atoms with van der Waals surface area (Å²) in [5.41, 5.74) is 0.542. The Morgan fingerprint density at radius 2 is 2.00 bits per heavy atom. The van der Waals surface area contributed by atoms with Gasteiger partial charge in [0.15, 0.2) is 6.10 Å². The van der Waals surface area contributed by atoms with Gasteiger partial charge in [-0.05, 0) is 36.6 Å². The number of hydrogen-bond donors (Lipinski definition) is 1. The van der Waals surface area contributed by atoms with Gasteiger partial charge >= 0.3 is 0 Å². The molecule has 0 aliphatic rings. The maximum atomic E-state index is 12.1. The van der Waals surface area contributed by atoms with Crippen molar-refractivity contribution < 1.29 is 9.53 Å². The fraction of sp³-hybridized carbons (Fsp3) is 0.211. The predicted octanol–water partition coefficient (Wildman–Crippen LogP) is 2.56. The summed E-state index contributed by atoms with van der Waals surface area (Å²) >= 11 is 1.56. The molecule has 1 aromatic carbocycles. The highest BCUT2D eigenvalue weighted by molar-refractivity contribution is 7.13. The SMILES string of the molecule is CC(Oc1ccccc1)C(=O)NCCn1nc(-c2cccs2)ccc1=O. The lowest BCUT2D eigenvalue weighted by molar-refractivity contribution is -0.127. The van der Waals surface area contributed by atoms with Gasteiger partial charge in [-0.15, -0.1) is 11.3 Å². The van der Waals surface area contributed by atoms with Crippen LogP contribution in [0.15, 0.2) is 64.8 Å². The minimum Gasteiger partial charge on any atom is -0.481 e. The van der Waals surface area contributed by atoms with Gasteiger partial charge in [0.05, 0.1) is 11.4 Å². The van der Waals surface area contributed by atoms with Gasteiger partial charge in [-0.1, -0.05) is 24.3 Å². The summed E-state index contributed by atoms with van der Waals surface area (Å²) in [6, 6.07) is 16.2. The standard InChI is InChI=1S/C19H19N3O3S/c1-14(25-15-6-3-2-4-7-15)19(24)20-11-12-22-18(23)10-9-16(21-22)17-8-5-13-26-17/h2-10,13-14H,11-12H2,1H3,(H,20,24). The maximum absolute atomic E-state index is 12.1. The highest BCUT2D eigenvalue weighted by atomic mass is 32.1. The van der Waals surface area contributed by atoms with Crippen molar-refractivity contribution in [3.63, 3.8) is 0 Å². The van der Waals surface area contributed by atoms with E-state index in [1.807, 2.05) is 35.7 Å². The zero-order valence-corrected chi connectivity index (χ0v) is 15.1. The van der Waals surface area contributed by atoms with Crippen LogP contribution in [0.25, 0.3) is 10.6 Å². The van der Waals surface area contributed by atoms with Gasteiger partial charge in [-0.2, -0.15) is 5.10 Å². The lowest BCUT2D eigenvalue weighted by atomic mass is 10.3. The number of para-hydroxylation sites is 1. The van der Waals surface area contributed by atoms with Crippen LogP contribution in [0.4, 0.5) is 0 Å². The van der Waals surface area contributed by atoms with E-state index in [0.717, 1.165) is 10.6 Å². The summed E-state index contributed by atoms with van der Waals surface area (Å²) in [6.45, 7) is 2.27. The van der Waals surface area contributed by atoms with E-state index >= 15 is 0 Å². The largest absolute Gasteiger partial charge is 0.481 e. The molecule has 0 fully saturated rings. The molecule has 0 saturated carbocycles. The molecule has 0 saturated heterocycles. The van der Waals surface area contributed by atoms with E-state index in [4.69, 9.17) is 4.74 Å². The van der Waals surface area contributed by atoms with Crippen LogP contribution in [0.1, 0.15) is 6.92 Å². The molecular weight excluding hydrogens is 350 g/mol. The molecule has 26 heavy (non-hydrogen) atoms. The number of carbonyl (C=O) groups is 1. The Morgan fingerprint density at radius 3 is 2.73 bits per heavy atom. The maximum Gasteiger partial charge on any atom is 0.266 e. The summed E-state index contributed by atoms with van der Waals surface area (Å²) in [5, 5.41) is 9.09. The first-order valence-electron chi connectivity index (χ1n) is 8.25. The molecule has 0 aliphatic carbocycles. The van der Waals surface area contributed by atoms with Gasteiger partial charge in [0, 0.05) is 12.6 Å². The van der Waals surface area contributed by atoms with E-state index in [9.17, 15) is 9.59 Å². The normalized spacial score (nSPS) is 11.7. The van der Waals surface area contributed by atoms with Gasteiger partial charge in [0.1, 0.15) is 11.4 Å². The molecule has 0 aliphatic heterocycles. The number of thiophene rings is 1. The van der Waals surface area contributed by atoms with Crippen molar-refractivity contribution in [2.45, 2.75) is 19.6 Å². The fourth-order valence-corrected chi connectivity index (χ4v) is 3.04. The first kappa shape index (κ1) is 17.9. The van der Waals surface area contributed by atoms with Gasteiger partial charge in [-0.3, -0.25) is 9.59 Å². The summed E-state index contributed by atoms with van der Waals surface area (Å²) in [4.78, 5) is 25.1. The Kier molecular flexibility index (Phi) is 5.80. The molecule has 1 atom stereocenters. The number of rotatable bonds is 7. The third-order valence-electron chi connectivity index (χ3n) is 3.69. The molecule has 7 heteroatoms. The smallest absolute Gasteiger partial charge is 0.266 e. The molecule has 0 bridgehead atoms. The van der Waals surface area contributed by atoms with Crippen LogP contribution in [0.2, 0.25) is 0 Å². The van der Waals surface area contributed by atoms with Crippen molar-refractivity contribution in [1.29, 1.82) is 0 Å². The molecule has 0 spiro atoms. The summed E-state index contributed by atoms with van der Waals surface area (Å²) < 4.78 is 6.94. The first-order valence-corrected chi connectivity index (χ1v) is 9.13. The monoisotopic (exact) mass is 369 g/mol. The molecule has 1 amide bonds. The number of nitrogens with zero attached hydrogens (tertiary/aromatic N) is 2. The minimum atomic E-state index is -0.625. The Labute approximate surface area is 155 Å². The van der Waals surface area contributed by atoms with Gasteiger partial charge < -0.3 is 10.1 Å². The number of ether oxygens (including phenoxy) is 1. The lowest BCUT2D eigenvalue weighted by Gasteiger charge is -2.15. The first-order chi connectivity index (χ1) is 12.6. The van der Waals surface area contributed by atoms with E-state index < -0.39 is 6.10 Å². The Balaban J connectivity index is 1.55. The van der Waals surface area contributed by atoms with Crippen LogP contribution in [-0.4, -0.2) is 28.3 Å². The predicted molar refractivity (Wildman–Crippen MR) is 101 cm³/mol. The molecule has 2 aromatic heterocycles. The molecule has 1 N–H and O–H groups in total. The van der Waals surface area contributed by atoms with E-state index in [-0.39, 0.29) is 11.5 Å². The molecule has 2 heterocycles. The second kappa shape index (κ2) is 8.44. The number of hydrogen-bond acceptors (Lipinski definition) is 5. The second-order valence-electron chi connectivity index (χ2n) is 5.62. The van der Waals surface area contributed by atoms with Crippen molar-refractivity contribution in [2.24, 2.45) is 0 Å². The van der Waals surface area contributed by atoms with Gasteiger partial charge in [0.2, 0.25) is 0 Å². The summed E-state index contributed by atoms with van der Waals surface area (Å²) in [7, 11) is 0. The van der Waals surface area contributed by atoms with Crippen LogP contribution < -0.4 is 15.6 Å². The van der Waals surface area contributed by atoms with Crippen molar-refractivity contribution in [3.05, 3.63) is 70.3 Å². The quantitative estimate of drug-likeness (QED) is 0.695. The topological polar surface area (TPSA) is 73.2 Å². The van der Waals surface area contributed by atoms with Crippen LogP contribution in [-0.2, 0) is 11.3 Å². The fourth-order valence-electron chi connectivity index (χ4n) is 2.35. The highest BCUT2D eigenvalue weighted by Crippen LogP contribution is 2.20. The van der Waals surface area contributed by atoms with Gasteiger partial charge in [-0.25, -0.2) is 4.68 Å². The number of aromatic nitrogens is 2. The van der Waals surface area contributed by atoms with Crippen LogP contribution in [0.5, 0.6) is 5.75 Å². The van der Waals surface area contributed by atoms with E-state index in [2.05, 4.69) is 10.4 Å². The third kappa shape index (κ3) is 4.58. The molecule has 0 radical (unpaired) electrons. The van der Waals surface area contributed by atoms with Gasteiger partial charge in [0.25, 0.3) is 11.5 Å². The average Bonchev–Trinajstić information content (AvgIpc) is 3.18. The third-order valence-corrected chi connectivity index (χ3v) is 4.58. The van der Waals surface area contributed by atoms with Crippen LogP contribution >= 0.6 is 11.3 Å². The van der Waals surface area contributed by atoms with Crippen LogP contribution in [0.3, 0.4) is 0 Å². The zero-order valence-electron chi connectivity index (χ0n) is 14.3. The van der Waals surface area contributed by atoms with Crippen molar-refractivity contribution in [1.82, 2.24) is 15.1 Å². The molecule has 3 aromatic rings.